The lowest BCUT2D eigenvalue weighted by molar-refractivity contribution is 0.0691. The molecule has 0 N–H and O–H groups in total. The van der Waals surface area contributed by atoms with Crippen LogP contribution in [0.3, 0.4) is 0 Å². The van der Waals surface area contributed by atoms with Crippen LogP contribution in [0.15, 0.2) is 60.8 Å². The van der Waals surface area contributed by atoms with Crippen molar-refractivity contribution in [3.63, 3.8) is 0 Å². The summed E-state index contributed by atoms with van der Waals surface area (Å²) in [6.45, 7) is 4.26. The zero-order valence-electron chi connectivity index (χ0n) is 20.9. The van der Waals surface area contributed by atoms with Crippen LogP contribution in [0.5, 0.6) is 5.75 Å². The molecular weight excluding hydrogens is 468 g/mol. The van der Waals surface area contributed by atoms with E-state index in [-0.39, 0.29) is 11.9 Å². The lowest BCUT2D eigenvalue weighted by Crippen LogP contribution is -2.39. The standard InChI is InChI=1S/C28H30N6O3/c1-36-23-9-5-8-21(18-23)28(35)33-12-10-22(11-13-33)34-27-24(19-29-34)26(32-14-16-37-17-15-32)30-25(31-27)20-6-3-2-4-7-20/h2-9,18-19,22H,10-17H2,1H3. The fraction of sp³-hybridized carbons (Fsp3) is 0.357. The maximum absolute atomic E-state index is 13.1. The Morgan fingerprint density at radius 3 is 2.51 bits per heavy atom. The third-order valence-corrected chi connectivity index (χ3v) is 7.19. The average molecular weight is 499 g/mol. The van der Waals surface area contributed by atoms with Crippen molar-refractivity contribution in [1.82, 2.24) is 24.6 Å². The molecule has 0 unspecified atom stereocenters. The molecule has 0 bridgehead atoms. The van der Waals surface area contributed by atoms with E-state index >= 15 is 0 Å². The Kier molecular flexibility index (Phi) is 6.44. The molecule has 2 aromatic carbocycles. The highest BCUT2D eigenvalue weighted by atomic mass is 16.5. The third kappa shape index (κ3) is 4.62. The molecule has 4 heterocycles. The largest absolute Gasteiger partial charge is 0.497 e. The second-order valence-electron chi connectivity index (χ2n) is 9.42. The Balaban J connectivity index is 1.29. The molecule has 6 rings (SSSR count). The van der Waals surface area contributed by atoms with Crippen LogP contribution in [0, 0.1) is 0 Å². The molecule has 0 atom stereocenters. The number of amides is 1. The number of methoxy groups -OCH3 is 1. The molecule has 0 saturated carbocycles. The average Bonchev–Trinajstić information content (AvgIpc) is 3.41. The number of piperidine rings is 1. The maximum Gasteiger partial charge on any atom is 0.253 e. The monoisotopic (exact) mass is 498 g/mol. The van der Waals surface area contributed by atoms with Gasteiger partial charge in [0, 0.05) is 37.3 Å². The lowest BCUT2D eigenvalue weighted by atomic mass is 10.0. The van der Waals surface area contributed by atoms with Gasteiger partial charge in [0.05, 0.1) is 37.9 Å². The fourth-order valence-corrected chi connectivity index (χ4v) is 5.16. The van der Waals surface area contributed by atoms with E-state index < -0.39 is 0 Å². The van der Waals surface area contributed by atoms with Crippen LogP contribution in [-0.4, -0.2) is 77.1 Å². The predicted molar refractivity (Wildman–Crippen MR) is 141 cm³/mol. The summed E-state index contributed by atoms with van der Waals surface area (Å²) in [5.41, 5.74) is 2.47. The van der Waals surface area contributed by atoms with E-state index in [9.17, 15) is 4.79 Å². The zero-order valence-corrected chi connectivity index (χ0v) is 20.9. The van der Waals surface area contributed by atoms with E-state index in [1.807, 2.05) is 64.3 Å². The highest BCUT2D eigenvalue weighted by Crippen LogP contribution is 2.32. The number of ether oxygens (including phenoxy) is 2. The number of nitrogens with zero attached hydrogens (tertiary/aromatic N) is 6. The predicted octanol–water partition coefficient (Wildman–Crippen LogP) is 3.82. The smallest absolute Gasteiger partial charge is 0.253 e. The van der Waals surface area contributed by atoms with E-state index in [1.54, 1.807) is 13.2 Å². The normalized spacial score (nSPS) is 16.8. The van der Waals surface area contributed by atoms with Crippen molar-refractivity contribution < 1.29 is 14.3 Å². The molecule has 9 heteroatoms. The van der Waals surface area contributed by atoms with E-state index in [0.717, 1.165) is 48.3 Å². The van der Waals surface area contributed by atoms with Gasteiger partial charge < -0.3 is 19.3 Å². The Morgan fingerprint density at radius 2 is 1.76 bits per heavy atom. The van der Waals surface area contributed by atoms with Gasteiger partial charge in [0.25, 0.3) is 5.91 Å². The van der Waals surface area contributed by atoms with E-state index in [1.165, 1.54) is 0 Å². The molecule has 2 aliphatic rings. The van der Waals surface area contributed by atoms with Crippen molar-refractivity contribution in [2.45, 2.75) is 18.9 Å². The second-order valence-corrected chi connectivity index (χ2v) is 9.42. The summed E-state index contributed by atoms with van der Waals surface area (Å²) in [6.07, 6.45) is 3.51. The van der Waals surface area contributed by atoms with Gasteiger partial charge in [0.15, 0.2) is 11.5 Å². The molecule has 2 aliphatic heterocycles. The van der Waals surface area contributed by atoms with Crippen molar-refractivity contribution in [1.29, 1.82) is 0 Å². The zero-order chi connectivity index (χ0) is 25.2. The molecule has 4 aromatic rings. The third-order valence-electron chi connectivity index (χ3n) is 7.19. The van der Waals surface area contributed by atoms with Crippen molar-refractivity contribution in [2.75, 3.05) is 51.4 Å². The number of carbonyl (C=O) groups excluding carboxylic acids is 1. The van der Waals surface area contributed by atoms with Gasteiger partial charge in [-0.05, 0) is 31.0 Å². The molecule has 0 radical (unpaired) electrons. The van der Waals surface area contributed by atoms with Crippen LogP contribution in [0.1, 0.15) is 29.2 Å². The van der Waals surface area contributed by atoms with Crippen LogP contribution < -0.4 is 9.64 Å². The first-order valence-electron chi connectivity index (χ1n) is 12.8. The summed E-state index contributed by atoms with van der Waals surface area (Å²) in [7, 11) is 1.61. The molecule has 37 heavy (non-hydrogen) atoms. The van der Waals surface area contributed by atoms with Crippen molar-refractivity contribution in [2.24, 2.45) is 0 Å². The topological polar surface area (TPSA) is 85.6 Å². The number of hydrogen-bond acceptors (Lipinski definition) is 7. The highest BCUT2D eigenvalue weighted by molar-refractivity contribution is 5.94. The SMILES string of the molecule is COc1cccc(C(=O)N2CCC(n3ncc4c(N5CCOCC5)nc(-c5ccccc5)nc43)CC2)c1. The Labute approximate surface area is 215 Å². The second kappa shape index (κ2) is 10.2. The van der Waals surface area contributed by atoms with Gasteiger partial charge in [-0.15, -0.1) is 0 Å². The number of likely N-dealkylation sites (tertiary alicyclic amines) is 1. The number of morpholine rings is 1. The van der Waals surface area contributed by atoms with Crippen molar-refractivity contribution >= 4 is 22.8 Å². The first-order valence-corrected chi connectivity index (χ1v) is 12.8. The summed E-state index contributed by atoms with van der Waals surface area (Å²) in [6, 6.07) is 17.6. The molecule has 2 saturated heterocycles. The summed E-state index contributed by atoms with van der Waals surface area (Å²) in [5.74, 6) is 2.32. The summed E-state index contributed by atoms with van der Waals surface area (Å²) in [4.78, 5) is 27.3. The van der Waals surface area contributed by atoms with Crippen LogP contribution >= 0.6 is 0 Å². The molecule has 2 aromatic heterocycles. The van der Waals surface area contributed by atoms with Crippen LogP contribution in [0.2, 0.25) is 0 Å². The number of carbonyl (C=O) groups is 1. The van der Waals surface area contributed by atoms with Crippen LogP contribution in [-0.2, 0) is 4.74 Å². The molecule has 1 amide bonds. The van der Waals surface area contributed by atoms with Gasteiger partial charge >= 0.3 is 0 Å². The highest BCUT2D eigenvalue weighted by Gasteiger charge is 2.28. The van der Waals surface area contributed by atoms with Gasteiger partial charge in [-0.1, -0.05) is 36.4 Å². The van der Waals surface area contributed by atoms with E-state index in [2.05, 4.69) is 4.90 Å². The van der Waals surface area contributed by atoms with Crippen molar-refractivity contribution in [3.05, 3.63) is 66.4 Å². The minimum absolute atomic E-state index is 0.0333. The first kappa shape index (κ1) is 23.4. The summed E-state index contributed by atoms with van der Waals surface area (Å²) < 4.78 is 12.9. The minimum atomic E-state index is 0.0333. The van der Waals surface area contributed by atoms with E-state index in [0.29, 0.717) is 43.4 Å². The Morgan fingerprint density at radius 1 is 0.973 bits per heavy atom. The summed E-state index contributed by atoms with van der Waals surface area (Å²) >= 11 is 0. The van der Waals surface area contributed by atoms with Crippen molar-refractivity contribution in [3.8, 4) is 17.1 Å². The van der Waals surface area contributed by atoms with Crippen LogP contribution in [0.25, 0.3) is 22.4 Å². The Bertz CT molecular complexity index is 1390. The first-order chi connectivity index (χ1) is 18.2. The molecule has 2 fully saturated rings. The number of benzene rings is 2. The summed E-state index contributed by atoms with van der Waals surface area (Å²) in [5, 5.41) is 5.75. The van der Waals surface area contributed by atoms with Gasteiger partial charge in [-0.2, -0.15) is 5.10 Å². The molecule has 190 valence electrons. The quantitative estimate of drug-likeness (QED) is 0.414. The van der Waals surface area contributed by atoms with E-state index in [4.69, 9.17) is 24.5 Å². The molecule has 0 spiro atoms. The Hall–Kier alpha value is -3.98. The molecule has 9 nitrogen and oxygen atoms in total. The molecule has 0 aliphatic carbocycles. The number of rotatable bonds is 5. The number of hydrogen-bond donors (Lipinski definition) is 0. The fourth-order valence-electron chi connectivity index (χ4n) is 5.16. The number of fused-ring (bicyclic) bond motifs is 1. The molecular formula is C28H30N6O3. The number of aromatic nitrogens is 4. The number of anilines is 1. The van der Waals surface area contributed by atoms with Crippen LogP contribution in [0.4, 0.5) is 5.82 Å². The van der Waals surface area contributed by atoms with Gasteiger partial charge in [-0.25, -0.2) is 14.6 Å². The lowest BCUT2D eigenvalue weighted by Gasteiger charge is -2.32. The maximum atomic E-state index is 13.1. The minimum Gasteiger partial charge on any atom is -0.497 e. The van der Waals surface area contributed by atoms with Gasteiger partial charge in [-0.3, -0.25) is 4.79 Å². The van der Waals surface area contributed by atoms with Gasteiger partial charge in [0.1, 0.15) is 11.6 Å². The van der Waals surface area contributed by atoms with Gasteiger partial charge in [0.2, 0.25) is 0 Å².